The van der Waals surface area contributed by atoms with E-state index in [0.717, 1.165) is 6.07 Å². The molecule has 0 fully saturated rings. The van der Waals surface area contributed by atoms with E-state index >= 15 is 0 Å². The molecule has 6 heteroatoms. The molecule has 2 aromatic carbocycles. The summed E-state index contributed by atoms with van der Waals surface area (Å²) in [4.78, 5) is 0. The van der Waals surface area contributed by atoms with E-state index in [2.05, 4.69) is 15.9 Å². The molecule has 2 N–H and O–H groups in total. The number of benzene rings is 2. The second-order valence-corrected chi connectivity index (χ2v) is 4.98. The van der Waals surface area contributed by atoms with Crippen molar-refractivity contribution in [1.29, 1.82) is 0 Å². The molecular formula is C14H12BrF2NO2. The van der Waals surface area contributed by atoms with Gasteiger partial charge in [-0.15, -0.1) is 0 Å². The highest BCUT2D eigenvalue weighted by Gasteiger charge is 2.12. The van der Waals surface area contributed by atoms with Crippen molar-refractivity contribution in [3.05, 3.63) is 52.0 Å². The van der Waals surface area contributed by atoms with Gasteiger partial charge in [0.2, 0.25) is 5.82 Å². The van der Waals surface area contributed by atoms with Gasteiger partial charge in [-0.05, 0) is 30.3 Å². The fourth-order valence-electron chi connectivity index (χ4n) is 1.70. The van der Waals surface area contributed by atoms with Gasteiger partial charge < -0.3 is 15.2 Å². The predicted octanol–water partition coefficient (Wildman–Crippen LogP) is 3.90. The Morgan fingerprint density at radius 2 is 1.90 bits per heavy atom. The maximum absolute atomic E-state index is 13.6. The third-order valence-electron chi connectivity index (χ3n) is 2.65. The lowest BCUT2D eigenvalue weighted by molar-refractivity contribution is 0.277. The molecule has 2 rings (SSSR count). The normalized spacial score (nSPS) is 10.4. The minimum Gasteiger partial charge on any atom is -0.496 e. The number of methoxy groups -OCH3 is 1. The Morgan fingerprint density at radius 3 is 2.60 bits per heavy atom. The molecule has 0 bridgehead atoms. The van der Waals surface area contributed by atoms with E-state index in [4.69, 9.17) is 15.2 Å². The maximum atomic E-state index is 13.6. The quantitative estimate of drug-likeness (QED) is 0.676. The van der Waals surface area contributed by atoms with E-state index in [1.165, 1.54) is 13.2 Å². The van der Waals surface area contributed by atoms with Gasteiger partial charge in [-0.25, -0.2) is 4.39 Å². The van der Waals surface area contributed by atoms with Gasteiger partial charge in [0.25, 0.3) is 0 Å². The summed E-state index contributed by atoms with van der Waals surface area (Å²) in [6, 6.07) is 7.42. The lowest BCUT2D eigenvalue weighted by Gasteiger charge is -2.12. The fourth-order valence-corrected chi connectivity index (χ4v) is 2.11. The molecule has 106 valence electrons. The third-order valence-corrected chi connectivity index (χ3v) is 3.11. The van der Waals surface area contributed by atoms with Crippen LogP contribution in [0.3, 0.4) is 0 Å². The van der Waals surface area contributed by atoms with Gasteiger partial charge >= 0.3 is 0 Å². The van der Waals surface area contributed by atoms with E-state index in [1.807, 2.05) is 0 Å². The molecule has 0 saturated heterocycles. The van der Waals surface area contributed by atoms with Crippen LogP contribution in [-0.2, 0) is 6.61 Å². The van der Waals surface area contributed by atoms with Crippen LogP contribution in [0.1, 0.15) is 5.56 Å². The summed E-state index contributed by atoms with van der Waals surface area (Å²) < 4.78 is 37.7. The zero-order valence-corrected chi connectivity index (χ0v) is 12.2. The summed E-state index contributed by atoms with van der Waals surface area (Å²) in [6.07, 6.45) is 0. The second kappa shape index (κ2) is 6.09. The van der Waals surface area contributed by atoms with Crippen LogP contribution in [0.2, 0.25) is 0 Å². The molecular weight excluding hydrogens is 332 g/mol. The van der Waals surface area contributed by atoms with Crippen LogP contribution < -0.4 is 15.2 Å². The number of rotatable bonds is 4. The lowest BCUT2D eigenvalue weighted by atomic mass is 10.2. The Balaban J connectivity index is 2.23. The molecule has 0 radical (unpaired) electrons. The molecule has 0 aromatic heterocycles. The van der Waals surface area contributed by atoms with Gasteiger partial charge in [0.15, 0.2) is 11.6 Å². The molecule has 0 aliphatic rings. The number of hydrogen-bond acceptors (Lipinski definition) is 3. The standard InChI is InChI=1S/C14H12BrF2NO2/c1-19-12-3-2-10(18)4-8(12)7-20-13-6-9(15)5-11(16)14(13)17/h2-6H,7,18H2,1H3. The molecule has 0 heterocycles. The summed E-state index contributed by atoms with van der Waals surface area (Å²) >= 11 is 3.08. The number of halogens is 3. The SMILES string of the molecule is COc1ccc(N)cc1COc1cc(Br)cc(F)c1F. The molecule has 0 unspecified atom stereocenters. The Labute approximate surface area is 123 Å². The summed E-state index contributed by atoms with van der Waals surface area (Å²) in [6.45, 7) is 0.0149. The molecule has 20 heavy (non-hydrogen) atoms. The highest BCUT2D eigenvalue weighted by molar-refractivity contribution is 9.10. The smallest absolute Gasteiger partial charge is 0.200 e. The largest absolute Gasteiger partial charge is 0.496 e. The number of hydrogen-bond donors (Lipinski definition) is 1. The lowest BCUT2D eigenvalue weighted by Crippen LogP contribution is -2.02. The van der Waals surface area contributed by atoms with Crippen molar-refractivity contribution in [3.63, 3.8) is 0 Å². The predicted molar refractivity (Wildman–Crippen MR) is 75.8 cm³/mol. The first kappa shape index (κ1) is 14.6. The Morgan fingerprint density at radius 1 is 1.15 bits per heavy atom. The van der Waals surface area contributed by atoms with Crippen LogP contribution >= 0.6 is 15.9 Å². The van der Waals surface area contributed by atoms with Crippen LogP contribution in [0.5, 0.6) is 11.5 Å². The highest BCUT2D eigenvalue weighted by Crippen LogP contribution is 2.28. The first-order chi connectivity index (χ1) is 9.51. The number of ether oxygens (including phenoxy) is 2. The molecule has 3 nitrogen and oxygen atoms in total. The van der Waals surface area contributed by atoms with Crippen molar-refractivity contribution in [3.8, 4) is 11.5 Å². The van der Waals surface area contributed by atoms with E-state index in [-0.39, 0.29) is 12.4 Å². The number of nitrogen functional groups attached to an aromatic ring is 1. The van der Waals surface area contributed by atoms with Crippen molar-refractivity contribution in [1.82, 2.24) is 0 Å². The number of nitrogens with two attached hydrogens (primary N) is 1. The molecule has 0 amide bonds. The van der Waals surface area contributed by atoms with Crippen LogP contribution in [0, 0.1) is 11.6 Å². The van der Waals surface area contributed by atoms with Crippen molar-refractivity contribution in [2.24, 2.45) is 0 Å². The van der Waals surface area contributed by atoms with E-state index in [9.17, 15) is 8.78 Å². The van der Waals surface area contributed by atoms with Crippen LogP contribution in [0.4, 0.5) is 14.5 Å². The first-order valence-electron chi connectivity index (χ1n) is 5.71. The zero-order valence-electron chi connectivity index (χ0n) is 10.6. The minimum atomic E-state index is -1.03. The zero-order chi connectivity index (χ0) is 14.7. The summed E-state index contributed by atoms with van der Waals surface area (Å²) in [5.74, 6) is -1.62. The minimum absolute atomic E-state index is 0.0149. The topological polar surface area (TPSA) is 44.5 Å². The Kier molecular flexibility index (Phi) is 4.44. The van der Waals surface area contributed by atoms with E-state index in [0.29, 0.717) is 21.5 Å². The molecule has 0 aliphatic carbocycles. The molecule has 0 spiro atoms. The maximum Gasteiger partial charge on any atom is 0.200 e. The van der Waals surface area contributed by atoms with E-state index in [1.54, 1.807) is 18.2 Å². The molecule has 0 aliphatic heterocycles. The molecule has 2 aromatic rings. The average molecular weight is 344 g/mol. The molecule has 0 saturated carbocycles. The van der Waals surface area contributed by atoms with Gasteiger partial charge in [0.1, 0.15) is 12.4 Å². The molecule has 0 atom stereocenters. The first-order valence-corrected chi connectivity index (χ1v) is 6.50. The van der Waals surface area contributed by atoms with E-state index < -0.39 is 11.6 Å². The van der Waals surface area contributed by atoms with Crippen molar-refractivity contribution in [2.45, 2.75) is 6.61 Å². The van der Waals surface area contributed by atoms with Crippen molar-refractivity contribution in [2.75, 3.05) is 12.8 Å². The van der Waals surface area contributed by atoms with Gasteiger partial charge in [-0.2, -0.15) is 4.39 Å². The average Bonchev–Trinajstić information content (AvgIpc) is 2.41. The summed E-state index contributed by atoms with van der Waals surface area (Å²) in [7, 11) is 1.51. The third kappa shape index (κ3) is 3.19. The van der Waals surface area contributed by atoms with Gasteiger partial charge in [0, 0.05) is 15.7 Å². The van der Waals surface area contributed by atoms with Crippen LogP contribution in [0.15, 0.2) is 34.8 Å². The summed E-state index contributed by atoms with van der Waals surface area (Å²) in [5.41, 5.74) is 6.85. The fraction of sp³-hybridized carbons (Fsp3) is 0.143. The van der Waals surface area contributed by atoms with Gasteiger partial charge in [-0.1, -0.05) is 15.9 Å². The second-order valence-electron chi connectivity index (χ2n) is 4.06. The van der Waals surface area contributed by atoms with Gasteiger partial charge in [0.05, 0.1) is 7.11 Å². The monoisotopic (exact) mass is 343 g/mol. The van der Waals surface area contributed by atoms with Crippen LogP contribution in [0.25, 0.3) is 0 Å². The Bertz CT molecular complexity index is 635. The van der Waals surface area contributed by atoms with Gasteiger partial charge in [-0.3, -0.25) is 0 Å². The van der Waals surface area contributed by atoms with Crippen molar-refractivity contribution < 1.29 is 18.3 Å². The summed E-state index contributed by atoms with van der Waals surface area (Å²) in [5, 5.41) is 0. The van der Waals surface area contributed by atoms with Crippen LogP contribution in [-0.4, -0.2) is 7.11 Å². The Hall–Kier alpha value is -1.82. The highest BCUT2D eigenvalue weighted by atomic mass is 79.9. The number of anilines is 1. The van der Waals surface area contributed by atoms with Crippen molar-refractivity contribution >= 4 is 21.6 Å².